The predicted molar refractivity (Wildman–Crippen MR) is 56.5 cm³/mol. The standard InChI is InChI=1S/C9H11Cl2NO2/c10-6-1-5(2-7(11)3-6)9(14)8(12)4-13/h1-3,8-9,13-14H,4,12H2. The molecule has 0 aliphatic rings. The molecule has 2 atom stereocenters. The Labute approximate surface area is 92.1 Å². The second-order valence-corrected chi connectivity index (χ2v) is 3.87. The molecule has 4 N–H and O–H groups in total. The van der Waals surface area contributed by atoms with Crippen LogP contribution < -0.4 is 5.73 Å². The van der Waals surface area contributed by atoms with Gasteiger partial charge in [-0.15, -0.1) is 0 Å². The first-order chi connectivity index (χ1) is 6.54. The summed E-state index contributed by atoms with van der Waals surface area (Å²) in [7, 11) is 0. The maximum atomic E-state index is 9.64. The van der Waals surface area contributed by atoms with Gasteiger partial charge in [0.05, 0.1) is 18.8 Å². The molecular weight excluding hydrogens is 225 g/mol. The number of benzene rings is 1. The van der Waals surface area contributed by atoms with Gasteiger partial charge in [-0.1, -0.05) is 23.2 Å². The van der Waals surface area contributed by atoms with Crippen molar-refractivity contribution in [3.63, 3.8) is 0 Å². The van der Waals surface area contributed by atoms with Crippen LogP contribution in [0.1, 0.15) is 11.7 Å². The Morgan fingerprint density at radius 2 is 1.71 bits per heavy atom. The first-order valence-corrected chi connectivity index (χ1v) is 4.80. The molecule has 0 heterocycles. The van der Waals surface area contributed by atoms with Crippen LogP contribution in [0.15, 0.2) is 18.2 Å². The highest BCUT2D eigenvalue weighted by atomic mass is 35.5. The van der Waals surface area contributed by atoms with Crippen molar-refractivity contribution in [1.29, 1.82) is 0 Å². The lowest BCUT2D eigenvalue weighted by Crippen LogP contribution is -2.31. The fourth-order valence-electron chi connectivity index (χ4n) is 1.09. The SMILES string of the molecule is NC(CO)C(O)c1cc(Cl)cc(Cl)c1. The van der Waals surface area contributed by atoms with Crippen LogP contribution in [0.4, 0.5) is 0 Å². The van der Waals surface area contributed by atoms with Crippen LogP contribution >= 0.6 is 23.2 Å². The molecule has 78 valence electrons. The summed E-state index contributed by atoms with van der Waals surface area (Å²) < 4.78 is 0. The normalized spacial score (nSPS) is 15.2. The van der Waals surface area contributed by atoms with Crippen molar-refractivity contribution in [1.82, 2.24) is 0 Å². The summed E-state index contributed by atoms with van der Waals surface area (Å²) in [6.07, 6.45) is -0.962. The molecule has 0 radical (unpaired) electrons. The fraction of sp³-hybridized carbons (Fsp3) is 0.333. The van der Waals surface area contributed by atoms with Gasteiger partial charge in [0.25, 0.3) is 0 Å². The molecule has 1 aromatic carbocycles. The van der Waals surface area contributed by atoms with Gasteiger partial charge in [-0.25, -0.2) is 0 Å². The number of rotatable bonds is 3. The van der Waals surface area contributed by atoms with Crippen LogP contribution in [0, 0.1) is 0 Å². The van der Waals surface area contributed by atoms with Crippen LogP contribution in [-0.2, 0) is 0 Å². The molecule has 0 aromatic heterocycles. The Balaban J connectivity index is 2.94. The van der Waals surface area contributed by atoms with Crippen molar-refractivity contribution in [2.24, 2.45) is 5.73 Å². The molecule has 0 aliphatic carbocycles. The molecule has 0 fully saturated rings. The third-order valence-electron chi connectivity index (χ3n) is 1.84. The third-order valence-corrected chi connectivity index (χ3v) is 2.28. The summed E-state index contributed by atoms with van der Waals surface area (Å²) in [5, 5.41) is 19.2. The van der Waals surface area contributed by atoms with Crippen molar-refractivity contribution in [2.45, 2.75) is 12.1 Å². The van der Waals surface area contributed by atoms with Gasteiger partial charge in [-0.2, -0.15) is 0 Å². The molecule has 2 unspecified atom stereocenters. The quantitative estimate of drug-likeness (QED) is 0.742. The zero-order valence-electron chi connectivity index (χ0n) is 7.32. The van der Waals surface area contributed by atoms with Gasteiger partial charge in [-0.05, 0) is 23.8 Å². The smallest absolute Gasteiger partial charge is 0.0964 e. The summed E-state index contributed by atoms with van der Waals surface area (Å²) in [5.74, 6) is 0. The highest BCUT2D eigenvalue weighted by Crippen LogP contribution is 2.24. The van der Waals surface area contributed by atoms with Gasteiger partial charge in [0.15, 0.2) is 0 Å². The fourth-order valence-corrected chi connectivity index (χ4v) is 1.64. The molecule has 1 rings (SSSR count). The Morgan fingerprint density at radius 1 is 1.21 bits per heavy atom. The number of halogens is 2. The lowest BCUT2D eigenvalue weighted by molar-refractivity contribution is 0.109. The molecular formula is C9H11Cl2NO2. The minimum Gasteiger partial charge on any atom is -0.395 e. The Morgan fingerprint density at radius 3 is 2.14 bits per heavy atom. The molecule has 0 bridgehead atoms. The molecule has 0 saturated heterocycles. The number of nitrogens with two attached hydrogens (primary N) is 1. The van der Waals surface area contributed by atoms with E-state index in [-0.39, 0.29) is 6.61 Å². The number of hydrogen-bond donors (Lipinski definition) is 3. The summed E-state index contributed by atoms with van der Waals surface area (Å²) in [4.78, 5) is 0. The van der Waals surface area contributed by atoms with E-state index in [4.69, 9.17) is 34.0 Å². The highest BCUT2D eigenvalue weighted by Gasteiger charge is 2.16. The van der Waals surface area contributed by atoms with Crippen LogP contribution in [0.2, 0.25) is 10.0 Å². The van der Waals surface area contributed by atoms with Gasteiger partial charge in [0, 0.05) is 10.0 Å². The van der Waals surface area contributed by atoms with Crippen LogP contribution in [0.5, 0.6) is 0 Å². The zero-order chi connectivity index (χ0) is 10.7. The molecule has 1 aromatic rings. The largest absolute Gasteiger partial charge is 0.395 e. The maximum absolute atomic E-state index is 9.64. The van der Waals surface area contributed by atoms with E-state index in [1.54, 1.807) is 18.2 Å². The molecule has 14 heavy (non-hydrogen) atoms. The van der Waals surface area contributed by atoms with E-state index >= 15 is 0 Å². The Bertz CT molecular complexity index is 299. The summed E-state index contributed by atoms with van der Waals surface area (Å²) >= 11 is 11.5. The van der Waals surface area contributed by atoms with Crippen molar-refractivity contribution in [2.75, 3.05) is 6.61 Å². The molecule has 0 amide bonds. The average Bonchev–Trinajstić information content (AvgIpc) is 2.14. The lowest BCUT2D eigenvalue weighted by atomic mass is 10.0. The topological polar surface area (TPSA) is 66.5 Å². The number of aliphatic hydroxyl groups excluding tert-OH is 2. The van der Waals surface area contributed by atoms with Crippen molar-refractivity contribution in [3.05, 3.63) is 33.8 Å². The third kappa shape index (κ3) is 2.83. The zero-order valence-corrected chi connectivity index (χ0v) is 8.83. The highest BCUT2D eigenvalue weighted by molar-refractivity contribution is 6.34. The van der Waals surface area contributed by atoms with E-state index in [2.05, 4.69) is 0 Å². The Kier molecular flexibility index (Phi) is 4.16. The molecule has 5 heteroatoms. The van der Waals surface area contributed by atoms with E-state index < -0.39 is 12.1 Å². The second-order valence-electron chi connectivity index (χ2n) is 2.99. The lowest BCUT2D eigenvalue weighted by Gasteiger charge is -2.17. The monoisotopic (exact) mass is 235 g/mol. The van der Waals surface area contributed by atoms with Gasteiger partial charge < -0.3 is 15.9 Å². The van der Waals surface area contributed by atoms with Crippen LogP contribution in [-0.4, -0.2) is 22.9 Å². The van der Waals surface area contributed by atoms with Crippen molar-refractivity contribution < 1.29 is 10.2 Å². The summed E-state index contributed by atoms with van der Waals surface area (Å²) in [5.41, 5.74) is 5.97. The van der Waals surface area contributed by atoms with Crippen molar-refractivity contribution in [3.8, 4) is 0 Å². The Hall–Kier alpha value is -0.320. The molecule has 0 saturated carbocycles. The predicted octanol–water partition coefficient (Wildman–Crippen LogP) is 1.35. The number of aliphatic hydroxyl groups is 2. The van der Waals surface area contributed by atoms with Gasteiger partial charge in [-0.3, -0.25) is 0 Å². The van der Waals surface area contributed by atoms with E-state index in [0.717, 1.165) is 0 Å². The molecule has 3 nitrogen and oxygen atoms in total. The van der Waals surface area contributed by atoms with Gasteiger partial charge in [0.1, 0.15) is 0 Å². The van der Waals surface area contributed by atoms with Crippen molar-refractivity contribution >= 4 is 23.2 Å². The maximum Gasteiger partial charge on any atom is 0.0964 e. The minimum absolute atomic E-state index is 0.300. The minimum atomic E-state index is -0.962. The molecule has 0 aliphatic heterocycles. The molecule has 0 spiro atoms. The first-order valence-electron chi connectivity index (χ1n) is 4.05. The second kappa shape index (κ2) is 4.96. The average molecular weight is 236 g/mol. The van der Waals surface area contributed by atoms with E-state index in [1.807, 2.05) is 0 Å². The van der Waals surface area contributed by atoms with E-state index in [1.165, 1.54) is 0 Å². The summed E-state index contributed by atoms with van der Waals surface area (Å²) in [6, 6.07) is 3.95. The van der Waals surface area contributed by atoms with E-state index in [0.29, 0.717) is 15.6 Å². The van der Waals surface area contributed by atoms with Crippen LogP contribution in [0.3, 0.4) is 0 Å². The number of hydrogen-bond acceptors (Lipinski definition) is 3. The summed E-state index contributed by atoms with van der Waals surface area (Å²) in [6.45, 7) is -0.300. The van der Waals surface area contributed by atoms with Gasteiger partial charge in [0.2, 0.25) is 0 Å². The van der Waals surface area contributed by atoms with Crippen LogP contribution in [0.25, 0.3) is 0 Å². The first kappa shape index (κ1) is 11.8. The van der Waals surface area contributed by atoms with Gasteiger partial charge >= 0.3 is 0 Å². The van der Waals surface area contributed by atoms with E-state index in [9.17, 15) is 5.11 Å².